The highest BCUT2D eigenvalue weighted by molar-refractivity contribution is 5.69. The van der Waals surface area contributed by atoms with Gasteiger partial charge in [0.15, 0.2) is 0 Å². The molecule has 0 unspecified atom stereocenters. The Morgan fingerprint density at radius 3 is 2.30 bits per heavy atom. The largest absolute Gasteiger partial charge is 0.444 e. The molecule has 4 nitrogen and oxygen atoms in total. The van der Waals surface area contributed by atoms with Crippen LogP contribution in [0.2, 0.25) is 0 Å². The normalized spacial score (nSPS) is 39.5. The predicted molar refractivity (Wildman–Crippen MR) is 78.5 cm³/mol. The van der Waals surface area contributed by atoms with Crippen LogP contribution in [0.15, 0.2) is 0 Å². The molecule has 116 valence electrons. The van der Waals surface area contributed by atoms with E-state index in [-0.39, 0.29) is 28.6 Å². The Hall–Kier alpha value is -0.770. The lowest BCUT2D eigenvalue weighted by atomic mass is 9.45. The SMILES string of the molecule is CC(C)(C)OC(=O)N[C@@]12CC[C@@](C)([C@@H](O)C1)C(C)(C)C2. The molecule has 3 aliphatic rings. The molecule has 2 bridgehead atoms. The quantitative estimate of drug-likeness (QED) is 0.776. The molecule has 0 saturated heterocycles. The highest BCUT2D eigenvalue weighted by Gasteiger charge is 2.61. The third-order valence-corrected chi connectivity index (χ3v) is 5.53. The van der Waals surface area contributed by atoms with Gasteiger partial charge < -0.3 is 15.2 Å². The average molecular weight is 283 g/mol. The van der Waals surface area contributed by atoms with Crippen LogP contribution in [-0.4, -0.2) is 28.4 Å². The van der Waals surface area contributed by atoms with E-state index in [9.17, 15) is 9.90 Å². The molecule has 3 rings (SSSR count). The van der Waals surface area contributed by atoms with Crippen molar-refractivity contribution in [2.24, 2.45) is 10.8 Å². The lowest BCUT2D eigenvalue weighted by molar-refractivity contribution is -0.161. The van der Waals surface area contributed by atoms with E-state index in [0.29, 0.717) is 6.42 Å². The maximum absolute atomic E-state index is 12.1. The zero-order chi connectivity index (χ0) is 15.4. The van der Waals surface area contributed by atoms with Crippen LogP contribution < -0.4 is 5.32 Å². The lowest BCUT2D eigenvalue weighted by Crippen LogP contribution is -2.67. The van der Waals surface area contributed by atoms with Crippen molar-refractivity contribution < 1.29 is 14.6 Å². The molecule has 0 aliphatic heterocycles. The number of hydrogen-bond donors (Lipinski definition) is 2. The van der Waals surface area contributed by atoms with E-state index in [4.69, 9.17) is 4.74 Å². The van der Waals surface area contributed by atoms with Crippen LogP contribution in [0.25, 0.3) is 0 Å². The summed E-state index contributed by atoms with van der Waals surface area (Å²) in [5.41, 5.74) is -0.849. The predicted octanol–water partition coefficient (Wildman–Crippen LogP) is 3.23. The molecule has 2 N–H and O–H groups in total. The number of amides is 1. The van der Waals surface area contributed by atoms with E-state index in [1.807, 2.05) is 20.8 Å². The zero-order valence-electron chi connectivity index (χ0n) is 13.7. The highest BCUT2D eigenvalue weighted by atomic mass is 16.6. The van der Waals surface area contributed by atoms with Gasteiger partial charge in [0.05, 0.1) is 6.10 Å². The van der Waals surface area contributed by atoms with E-state index in [1.165, 1.54) is 0 Å². The summed E-state index contributed by atoms with van der Waals surface area (Å²) >= 11 is 0. The Morgan fingerprint density at radius 1 is 1.25 bits per heavy atom. The van der Waals surface area contributed by atoms with Gasteiger partial charge in [-0.25, -0.2) is 4.79 Å². The fraction of sp³-hybridized carbons (Fsp3) is 0.938. The first-order valence-electron chi connectivity index (χ1n) is 7.59. The number of ether oxygens (including phenoxy) is 1. The van der Waals surface area contributed by atoms with Crippen LogP contribution in [-0.2, 0) is 4.74 Å². The van der Waals surface area contributed by atoms with Crippen LogP contribution in [0, 0.1) is 10.8 Å². The molecule has 0 spiro atoms. The van der Waals surface area contributed by atoms with Crippen LogP contribution >= 0.6 is 0 Å². The first-order valence-corrected chi connectivity index (χ1v) is 7.59. The van der Waals surface area contributed by atoms with E-state index >= 15 is 0 Å². The second kappa shape index (κ2) is 4.36. The third-order valence-electron chi connectivity index (χ3n) is 5.53. The van der Waals surface area contributed by atoms with Crippen molar-refractivity contribution >= 4 is 6.09 Å². The van der Waals surface area contributed by atoms with Gasteiger partial charge in [-0.15, -0.1) is 0 Å². The zero-order valence-corrected chi connectivity index (χ0v) is 13.7. The van der Waals surface area contributed by atoms with Gasteiger partial charge in [-0.2, -0.15) is 0 Å². The maximum Gasteiger partial charge on any atom is 0.408 e. The molecule has 20 heavy (non-hydrogen) atoms. The van der Waals surface area contributed by atoms with Gasteiger partial charge in [0.2, 0.25) is 0 Å². The molecule has 0 heterocycles. The lowest BCUT2D eigenvalue weighted by Gasteiger charge is -2.63. The van der Waals surface area contributed by atoms with E-state index in [1.54, 1.807) is 0 Å². The second-order valence-electron chi connectivity index (χ2n) is 8.61. The van der Waals surface area contributed by atoms with Crippen molar-refractivity contribution in [3.05, 3.63) is 0 Å². The minimum atomic E-state index is -0.493. The number of rotatable bonds is 1. The molecule has 0 aromatic heterocycles. The number of carbonyl (C=O) groups is 1. The first-order chi connectivity index (χ1) is 8.89. The van der Waals surface area contributed by atoms with Gasteiger partial charge in [0.25, 0.3) is 0 Å². The summed E-state index contributed by atoms with van der Waals surface area (Å²) in [4.78, 5) is 12.1. The topological polar surface area (TPSA) is 58.6 Å². The van der Waals surface area contributed by atoms with Crippen molar-refractivity contribution in [1.29, 1.82) is 0 Å². The monoisotopic (exact) mass is 283 g/mol. The number of alkyl carbamates (subject to hydrolysis) is 1. The Kier molecular flexibility index (Phi) is 3.40. The van der Waals surface area contributed by atoms with Crippen molar-refractivity contribution in [3.63, 3.8) is 0 Å². The minimum absolute atomic E-state index is 0.0118. The van der Waals surface area contributed by atoms with Gasteiger partial charge in [0.1, 0.15) is 5.60 Å². The van der Waals surface area contributed by atoms with E-state index in [2.05, 4.69) is 26.1 Å². The number of nitrogens with one attached hydrogen (secondary N) is 1. The molecular weight excluding hydrogens is 254 g/mol. The summed E-state index contributed by atoms with van der Waals surface area (Å²) in [5, 5.41) is 13.6. The Balaban J connectivity index is 2.14. The summed E-state index contributed by atoms with van der Waals surface area (Å²) < 4.78 is 5.38. The number of fused-ring (bicyclic) bond motifs is 3. The molecule has 3 aliphatic carbocycles. The van der Waals surface area contributed by atoms with Gasteiger partial charge in [-0.3, -0.25) is 0 Å². The number of aliphatic hydroxyl groups excluding tert-OH is 1. The fourth-order valence-corrected chi connectivity index (χ4v) is 4.04. The van der Waals surface area contributed by atoms with Gasteiger partial charge in [0, 0.05) is 5.54 Å². The fourth-order valence-electron chi connectivity index (χ4n) is 4.04. The molecule has 4 heteroatoms. The molecule has 1 amide bonds. The van der Waals surface area contributed by atoms with E-state index in [0.717, 1.165) is 19.3 Å². The van der Waals surface area contributed by atoms with Crippen LogP contribution in [0.3, 0.4) is 0 Å². The number of aliphatic hydroxyl groups is 1. The smallest absolute Gasteiger partial charge is 0.408 e. The Morgan fingerprint density at radius 2 is 1.85 bits per heavy atom. The van der Waals surface area contributed by atoms with Crippen molar-refractivity contribution in [3.8, 4) is 0 Å². The van der Waals surface area contributed by atoms with Crippen molar-refractivity contribution in [1.82, 2.24) is 5.32 Å². The molecular formula is C16H29NO3. The highest BCUT2D eigenvalue weighted by Crippen LogP contribution is 2.61. The van der Waals surface area contributed by atoms with Crippen molar-refractivity contribution in [2.75, 3.05) is 0 Å². The van der Waals surface area contributed by atoms with E-state index < -0.39 is 5.60 Å². The molecule has 0 aromatic carbocycles. The summed E-state index contributed by atoms with van der Waals surface area (Å²) in [5.74, 6) is 0. The number of carbonyl (C=O) groups excluding carboxylic acids is 1. The second-order valence-corrected chi connectivity index (χ2v) is 8.61. The minimum Gasteiger partial charge on any atom is -0.444 e. The Labute approximate surface area is 122 Å². The number of hydrogen-bond acceptors (Lipinski definition) is 3. The van der Waals surface area contributed by atoms with Crippen LogP contribution in [0.5, 0.6) is 0 Å². The maximum atomic E-state index is 12.1. The van der Waals surface area contributed by atoms with Gasteiger partial charge in [-0.1, -0.05) is 20.8 Å². The summed E-state index contributed by atoms with van der Waals surface area (Å²) in [6.07, 6.45) is 2.65. The third kappa shape index (κ3) is 2.54. The van der Waals surface area contributed by atoms with Gasteiger partial charge >= 0.3 is 6.09 Å². The molecule has 0 radical (unpaired) electrons. The summed E-state index contributed by atoms with van der Waals surface area (Å²) in [6.45, 7) is 12.2. The summed E-state index contributed by atoms with van der Waals surface area (Å²) in [6, 6.07) is 0. The molecule has 3 atom stereocenters. The van der Waals surface area contributed by atoms with Gasteiger partial charge in [-0.05, 0) is 57.3 Å². The average Bonchev–Trinajstić information content (AvgIpc) is 2.18. The Bertz CT molecular complexity index is 412. The van der Waals surface area contributed by atoms with Crippen molar-refractivity contribution in [2.45, 2.75) is 84.5 Å². The molecule has 0 aromatic rings. The van der Waals surface area contributed by atoms with Crippen LogP contribution in [0.4, 0.5) is 4.79 Å². The summed E-state index contributed by atoms with van der Waals surface area (Å²) in [7, 11) is 0. The van der Waals surface area contributed by atoms with Crippen LogP contribution in [0.1, 0.15) is 67.2 Å². The standard InChI is InChI=1S/C16H29NO3/c1-13(2,3)20-12(19)17-16-8-7-15(6,11(18)9-16)14(4,5)10-16/h11,18H,7-10H2,1-6H3,(H,17,19)/t11-,15-,16-/m0/s1. The molecule has 3 fully saturated rings. The molecule has 3 saturated carbocycles. The first kappa shape index (κ1) is 15.6.